The minimum atomic E-state index is -0.448. The van der Waals surface area contributed by atoms with Gasteiger partial charge in [-0.05, 0) is 27.2 Å². The Morgan fingerprint density at radius 3 is 2.55 bits per heavy atom. The Hall–Kier alpha value is -0.120. The Balaban J connectivity index is 2.46. The maximum absolute atomic E-state index is 5.71. The summed E-state index contributed by atoms with van der Waals surface area (Å²) < 4.78 is 11.0. The minimum Gasteiger partial charge on any atom is -0.350 e. The van der Waals surface area contributed by atoms with Crippen molar-refractivity contribution in [2.75, 3.05) is 6.61 Å². The predicted molar refractivity (Wildman–Crippen MR) is 43.2 cm³/mol. The van der Waals surface area contributed by atoms with E-state index in [0.29, 0.717) is 0 Å². The van der Waals surface area contributed by atoms with E-state index in [2.05, 4.69) is 0 Å². The van der Waals surface area contributed by atoms with Crippen molar-refractivity contribution in [2.45, 2.75) is 45.1 Å². The fraction of sp³-hybridized carbons (Fsp3) is 1.00. The molecule has 1 fully saturated rings. The molecule has 1 saturated heterocycles. The molecule has 11 heavy (non-hydrogen) atoms. The van der Waals surface area contributed by atoms with Crippen molar-refractivity contribution in [1.82, 2.24) is 0 Å². The van der Waals surface area contributed by atoms with Crippen molar-refractivity contribution in [1.29, 1.82) is 0 Å². The highest BCUT2D eigenvalue weighted by atomic mass is 16.7. The first kappa shape index (κ1) is 8.97. The van der Waals surface area contributed by atoms with Gasteiger partial charge in [0, 0.05) is 6.04 Å². The van der Waals surface area contributed by atoms with E-state index < -0.39 is 5.79 Å². The van der Waals surface area contributed by atoms with Crippen LogP contribution in [0.5, 0.6) is 0 Å². The Morgan fingerprint density at radius 2 is 2.18 bits per heavy atom. The highest BCUT2D eigenvalue weighted by Crippen LogP contribution is 2.22. The third-order valence-corrected chi connectivity index (χ3v) is 1.87. The number of nitrogens with two attached hydrogens (primary N) is 1. The Bertz CT molecular complexity index is 134. The zero-order valence-electron chi connectivity index (χ0n) is 7.46. The van der Waals surface area contributed by atoms with Gasteiger partial charge in [-0.3, -0.25) is 0 Å². The van der Waals surface area contributed by atoms with Crippen LogP contribution in [0.1, 0.15) is 27.2 Å². The molecule has 0 saturated carbocycles. The summed E-state index contributed by atoms with van der Waals surface area (Å²) >= 11 is 0. The third-order valence-electron chi connectivity index (χ3n) is 1.87. The molecular formula is C8H17NO2. The summed E-state index contributed by atoms with van der Waals surface area (Å²) in [7, 11) is 0. The first-order valence-corrected chi connectivity index (χ1v) is 4.08. The normalized spacial score (nSPS) is 33.3. The summed E-state index contributed by atoms with van der Waals surface area (Å²) in [4.78, 5) is 0. The van der Waals surface area contributed by atoms with Crippen molar-refractivity contribution in [3.63, 3.8) is 0 Å². The van der Waals surface area contributed by atoms with E-state index in [1.165, 1.54) is 0 Å². The van der Waals surface area contributed by atoms with Crippen LogP contribution in [-0.4, -0.2) is 24.5 Å². The van der Waals surface area contributed by atoms with Gasteiger partial charge in [-0.2, -0.15) is 0 Å². The molecule has 0 amide bonds. The molecule has 3 nitrogen and oxygen atoms in total. The molecule has 0 radical (unpaired) electrons. The van der Waals surface area contributed by atoms with Crippen molar-refractivity contribution in [2.24, 2.45) is 5.73 Å². The van der Waals surface area contributed by atoms with Crippen molar-refractivity contribution < 1.29 is 9.47 Å². The van der Waals surface area contributed by atoms with Crippen LogP contribution in [0.15, 0.2) is 0 Å². The van der Waals surface area contributed by atoms with Gasteiger partial charge in [0.25, 0.3) is 0 Å². The van der Waals surface area contributed by atoms with Crippen LogP contribution in [0.4, 0.5) is 0 Å². The lowest BCUT2D eigenvalue weighted by Gasteiger charge is -2.37. The second-order valence-electron chi connectivity index (χ2n) is 3.55. The second kappa shape index (κ2) is 3.09. The lowest BCUT2D eigenvalue weighted by molar-refractivity contribution is -0.275. The van der Waals surface area contributed by atoms with E-state index in [-0.39, 0.29) is 12.1 Å². The third kappa shape index (κ3) is 2.43. The first-order chi connectivity index (χ1) is 5.01. The average molecular weight is 159 g/mol. The van der Waals surface area contributed by atoms with Crippen molar-refractivity contribution >= 4 is 0 Å². The number of hydrogen-bond donors (Lipinski definition) is 1. The van der Waals surface area contributed by atoms with Gasteiger partial charge in [0.1, 0.15) is 0 Å². The van der Waals surface area contributed by atoms with Crippen molar-refractivity contribution in [3.05, 3.63) is 0 Å². The monoisotopic (exact) mass is 159 g/mol. The molecule has 2 unspecified atom stereocenters. The SMILES string of the molecule is CC(N)C1CCOC(C)(C)O1. The van der Waals surface area contributed by atoms with Crippen LogP contribution in [0.25, 0.3) is 0 Å². The summed E-state index contributed by atoms with van der Waals surface area (Å²) in [6, 6.07) is 0.0955. The van der Waals surface area contributed by atoms with Gasteiger partial charge in [-0.25, -0.2) is 0 Å². The minimum absolute atomic E-state index is 0.0955. The molecule has 2 N–H and O–H groups in total. The second-order valence-corrected chi connectivity index (χ2v) is 3.55. The van der Waals surface area contributed by atoms with E-state index in [1.54, 1.807) is 0 Å². The Morgan fingerprint density at radius 1 is 1.55 bits per heavy atom. The highest BCUT2D eigenvalue weighted by molar-refractivity contribution is 4.75. The molecule has 0 aromatic heterocycles. The first-order valence-electron chi connectivity index (χ1n) is 4.08. The van der Waals surface area contributed by atoms with E-state index >= 15 is 0 Å². The van der Waals surface area contributed by atoms with Crippen LogP contribution in [0.2, 0.25) is 0 Å². The molecule has 0 spiro atoms. The largest absolute Gasteiger partial charge is 0.350 e. The molecule has 1 aliphatic rings. The fourth-order valence-corrected chi connectivity index (χ4v) is 1.25. The molecule has 1 heterocycles. The predicted octanol–water partition coefficient (Wildman–Crippen LogP) is 0.875. The fourth-order valence-electron chi connectivity index (χ4n) is 1.25. The molecule has 1 aliphatic heterocycles. The zero-order valence-corrected chi connectivity index (χ0v) is 7.46. The van der Waals surface area contributed by atoms with Crippen LogP contribution in [0, 0.1) is 0 Å². The van der Waals surface area contributed by atoms with E-state index in [9.17, 15) is 0 Å². The number of ether oxygens (including phenoxy) is 2. The highest BCUT2D eigenvalue weighted by Gasteiger charge is 2.30. The van der Waals surface area contributed by atoms with E-state index in [0.717, 1.165) is 13.0 Å². The molecule has 0 aromatic carbocycles. The molecule has 0 bridgehead atoms. The summed E-state index contributed by atoms with van der Waals surface area (Å²) in [6.07, 6.45) is 1.06. The lowest BCUT2D eigenvalue weighted by Crippen LogP contribution is -2.46. The van der Waals surface area contributed by atoms with Crippen LogP contribution < -0.4 is 5.73 Å². The summed E-state index contributed by atoms with van der Waals surface area (Å²) in [6.45, 7) is 6.55. The molecule has 1 rings (SSSR count). The molecule has 2 atom stereocenters. The molecule has 0 aliphatic carbocycles. The lowest BCUT2D eigenvalue weighted by atomic mass is 10.1. The molecular weight excluding hydrogens is 142 g/mol. The summed E-state index contributed by atoms with van der Waals surface area (Å²) in [5.74, 6) is -0.448. The van der Waals surface area contributed by atoms with Gasteiger partial charge >= 0.3 is 0 Å². The van der Waals surface area contributed by atoms with Crippen LogP contribution in [-0.2, 0) is 9.47 Å². The average Bonchev–Trinajstić information content (AvgIpc) is 1.85. The van der Waals surface area contributed by atoms with Gasteiger partial charge < -0.3 is 15.2 Å². The summed E-state index contributed by atoms with van der Waals surface area (Å²) in [5.41, 5.74) is 5.71. The summed E-state index contributed by atoms with van der Waals surface area (Å²) in [5, 5.41) is 0. The Kier molecular flexibility index (Phi) is 2.52. The maximum atomic E-state index is 5.71. The smallest absolute Gasteiger partial charge is 0.163 e. The van der Waals surface area contributed by atoms with Gasteiger partial charge in [0.15, 0.2) is 5.79 Å². The molecule has 3 heteroatoms. The van der Waals surface area contributed by atoms with Crippen LogP contribution in [0.3, 0.4) is 0 Å². The van der Waals surface area contributed by atoms with E-state index in [4.69, 9.17) is 15.2 Å². The standard InChI is InChI=1S/C8H17NO2/c1-6(9)7-4-5-10-8(2,3)11-7/h6-7H,4-5,9H2,1-3H3. The van der Waals surface area contributed by atoms with Crippen molar-refractivity contribution in [3.8, 4) is 0 Å². The van der Waals surface area contributed by atoms with Gasteiger partial charge in [0.2, 0.25) is 0 Å². The maximum Gasteiger partial charge on any atom is 0.163 e. The number of rotatable bonds is 1. The quantitative estimate of drug-likeness (QED) is 0.617. The zero-order chi connectivity index (χ0) is 8.48. The topological polar surface area (TPSA) is 44.5 Å². The van der Waals surface area contributed by atoms with Crippen LogP contribution >= 0.6 is 0 Å². The van der Waals surface area contributed by atoms with Gasteiger partial charge in [-0.1, -0.05) is 0 Å². The van der Waals surface area contributed by atoms with Gasteiger partial charge in [-0.15, -0.1) is 0 Å². The molecule has 66 valence electrons. The molecule has 0 aromatic rings. The Labute approximate surface area is 67.9 Å². The van der Waals surface area contributed by atoms with Gasteiger partial charge in [0.05, 0.1) is 12.7 Å². The van der Waals surface area contributed by atoms with E-state index in [1.807, 2.05) is 20.8 Å². The number of hydrogen-bond acceptors (Lipinski definition) is 3.